The van der Waals surface area contributed by atoms with Crippen LogP contribution in [0.3, 0.4) is 0 Å². The fraction of sp³-hybridized carbons (Fsp3) is 0.263. The summed E-state index contributed by atoms with van der Waals surface area (Å²) in [5.41, 5.74) is 0.740. The SMILES string of the molecule is O=C(Nc1cccc2ccccc12)[C@@H]1[C@H](C(=O)O)[C@H]2C=C[C@H]1C2. The van der Waals surface area contributed by atoms with Gasteiger partial charge >= 0.3 is 5.97 Å². The number of carboxylic acid groups (broad SMARTS) is 1. The van der Waals surface area contributed by atoms with Crippen LogP contribution in [0.4, 0.5) is 5.69 Å². The fourth-order valence-corrected chi connectivity index (χ4v) is 4.07. The predicted octanol–water partition coefficient (Wildman–Crippen LogP) is 3.30. The van der Waals surface area contributed by atoms with E-state index in [-0.39, 0.29) is 17.7 Å². The van der Waals surface area contributed by atoms with Crippen molar-refractivity contribution in [3.63, 3.8) is 0 Å². The maximum absolute atomic E-state index is 12.8. The molecule has 4 nitrogen and oxygen atoms in total. The minimum absolute atomic E-state index is 0.0132. The van der Waals surface area contributed by atoms with Gasteiger partial charge in [0, 0.05) is 11.1 Å². The Labute approximate surface area is 133 Å². The summed E-state index contributed by atoms with van der Waals surface area (Å²) in [6.45, 7) is 0. The Morgan fingerprint density at radius 2 is 1.65 bits per heavy atom. The number of fused-ring (bicyclic) bond motifs is 3. The van der Waals surface area contributed by atoms with Crippen LogP contribution in [-0.2, 0) is 9.59 Å². The molecule has 23 heavy (non-hydrogen) atoms. The van der Waals surface area contributed by atoms with Crippen molar-refractivity contribution in [2.45, 2.75) is 6.42 Å². The molecule has 116 valence electrons. The number of aliphatic carboxylic acids is 1. The van der Waals surface area contributed by atoms with Crippen molar-refractivity contribution in [3.8, 4) is 0 Å². The average Bonchev–Trinajstić information content (AvgIpc) is 3.16. The summed E-state index contributed by atoms with van der Waals surface area (Å²) in [6, 6.07) is 13.6. The van der Waals surface area contributed by atoms with Gasteiger partial charge in [-0.2, -0.15) is 0 Å². The third kappa shape index (κ3) is 2.22. The van der Waals surface area contributed by atoms with E-state index in [1.807, 2.05) is 54.6 Å². The molecule has 0 radical (unpaired) electrons. The number of carboxylic acids is 1. The van der Waals surface area contributed by atoms with Crippen LogP contribution in [0.2, 0.25) is 0 Å². The van der Waals surface area contributed by atoms with E-state index in [9.17, 15) is 14.7 Å². The monoisotopic (exact) mass is 307 g/mol. The Kier molecular flexibility index (Phi) is 3.18. The van der Waals surface area contributed by atoms with Gasteiger partial charge in [0.25, 0.3) is 0 Å². The van der Waals surface area contributed by atoms with Crippen molar-refractivity contribution in [3.05, 3.63) is 54.6 Å². The number of hydrogen-bond acceptors (Lipinski definition) is 2. The Balaban J connectivity index is 1.65. The lowest BCUT2D eigenvalue weighted by Gasteiger charge is -2.24. The molecule has 4 rings (SSSR count). The second-order valence-corrected chi connectivity index (χ2v) is 6.35. The molecule has 0 heterocycles. The van der Waals surface area contributed by atoms with Gasteiger partial charge in [0.05, 0.1) is 11.8 Å². The molecule has 2 aromatic rings. The Hall–Kier alpha value is -2.62. The van der Waals surface area contributed by atoms with E-state index in [2.05, 4.69) is 5.32 Å². The van der Waals surface area contributed by atoms with Crippen molar-refractivity contribution in [2.24, 2.45) is 23.7 Å². The van der Waals surface area contributed by atoms with Crippen molar-refractivity contribution >= 4 is 28.3 Å². The molecular formula is C19H17NO3. The molecule has 2 aliphatic carbocycles. The van der Waals surface area contributed by atoms with E-state index in [0.29, 0.717) is 0 Å². The van der Waals surface area contributed by atoms with Gasteiger partial charge in [-0.05, 0) is 29.7 Å². The van der Waals surface area contributed by atoms with Gasteiger partial charge in [0.15, 0.2) is 0 Å². The molecule has 0 unspecified atom stereocenters. The molecule has 1 amide bonds. The zero-order chi connectivity index (χ0) is 16.0. The second kappa shape index (κ2) is 5.23. The summed E-state index contributed by atoms with van der Waals surface area (Å²) >= 11 is 0. The number of anilines is 1. The molecule has 2 bridgehead atoms. The lowest BCUT2D eigenvalue weighted by atomic mass is 9.82. The van der Waals surface area contributed by atoms with E-state index in [4.69, 9.17) is 0 Å². The summed E-state index contributed by atoms with van der Waals surface area (Å²) in [4.78, 5) is 24.3. The molecule has 2 aromatic carbocycles. The highest BCUT2D eigenvalue weighted by Crippen LogP contribution is 2.48. The molecule has 0 spiro atoms. The first kappa shape index (κ1) is 14.0. The van der Waals surface area contributed by atoms with Gasteiger partial charge in [-0.15, -0.1) is 0 Å². The number of allylic oxidation sites excluding steroid dienone is 2. The molecule has 4 atom stereocenters. The minimum atomic E-state index is -0.875. The Bertz CT molecular complexity index is 821. The third-order valence-corrected chi connectivity index (χ3v) is 5.09. The molecule has 2 N–H and O–H groups in total. The summed E-state index contributed by atoms with van der Waals surface area (Å²) in [5.74, 6) is -2.14. The first-order chi connectivity index (χ1) is 11.1. The van der Waals surface area contributed by atoms with Crippen LogP contribution in [0.5, 0.6) is 0 Å². The predicted molar refractivity (Wildman–Crippen MR) is 87.9 cm³/mol. The number of carbonyl (C=O) groups excluding carboxylic acids is 1. The summed E-state index contributed by atoms with van der Waals surface area (Å²) in [7, 11) is 0. The van der Waals surface area contributed by atoms with Crippen LogP contribution in [-0.4, -0.2) is 17.0 Å². The molecule has 4 heteroatoms. The molecular weight excluding hydrogens is 290 g/mol. The lowest BCUT2D eigenvalue weighted by molar-refractivity contribution is -0.146. The van der Waals surface area contributed by atoms with Gasteiger partial charge < -0.3 is 10.4 Å². The van der Waals surface area contributed by atoms with Gasteiger partial charge in [0.2, 0.25) is 5.91 Å². The minimum Gasteiger partial charge on any atom is -0.481 e. The highest BCUT2D eigenvalue weighted by molar-refractivity contribution is 6.04. The largest absolute Gasteiger partial charge is 0.481 e. The standard InChI is InChI=1S/C19H17NO3/c21-18(16-12-8-9-13(10-12)17(16)19(22)23)20-15-7-3-5-11-4-1-2-6-14(11)15/h1-9,12-13,16-17H,10H2,(H,20,21)(H,22,23)/t12-,13-,16-,17+/m0/s1. The van der Waals surface area contributed by atoms with E-state index >= 15 is 0 Å². The maximum Gasteiger partial charge on any atom is 0.307 e. The zero-order valence-corrected chi connectivity index (χ0v) is 12.5. The first-order valence-corrected chi connectivity index (χ1v) is 7.85. The van der Waals surface area contributed by atoms with Crippen molar-refractivity contribution in [2.75, 3.05) is 5.32 Å². The lowest BCUT2D eigenvalue weighted by Crippen LogP contribution is -2.36. The van der Waals surface area contributed by atoms with Gasteiger partial charge in [-0.25, -0.2) is 0 Å². The third-order valence-electron chi connectivity index (χ3n) is 5.09. The fourth-order valence-electron chi connectivity index (χ4n) is 4.07. The van der Waals surface area contributed by atoms with Crippen molar-refractivity contribution < 1.29 is 14.7 Å². The summed E-state index contributed by atoms with van der Waals surface area (Å²) in [6.07, 6.45) is 4.72. The van der Waals surface area contributed by atoms with Crippen LogP contribution < -0.4 is 5.32 Å². The highest BCUT2D eigenvalue weighted by atomic mass is 16.4. The normalized spacial score (nSPS) is 28.2. The number of benzene rings is 2. The molecule has 1 fully saturated rings. The van der Waals surface area contributed by atoms with Crippen LogP contribution >= 0.6 is 0 Å². The van der Waals surface area contributed by atoms with Crippen LogP contribution in [0, 0.1) is 23.7 Å². The van der Waals surface area contributed by atoms with Gasteiger partial charge in [-0.1, -0.05) is 48.6 Å². The summed E-state index contributed by atoms with van der Waals surface area (Å²) < 4.78 is 0. The highest BCUT2D eigenvalue weighted by Gasteiger charge is 2.51. The number of hydrogen-bond donors (Lipinski definition) is 2. The topological polar surface area (TPSA) is 66.4 Å². The van der Waals surface area contributed by atoms with Crippen LogP contribution in [0.1, 0.15) is 6.42 Å². The zero-order valence-electron chi connectivity index (χ0n) is 12.5. The number of amides is 1. The number of carbonyl (C=O) groups is 2. The molecule has 0 aliphatic heterocycles. The molecule has 0 saturated heterocycles. The first-order valence-electron chi connectivity index (χ1n) is 7.85. The van der Waals surface area contributed by atoms with E-state index in [1.54, 1.807) is 0 Å². The smallest absolute Gasteiger partial charge is 0.307 e. The quantitative estimate of drug-likeness (QED) is 0.855. The van der Waals surface area contributed by atoms with Gasteiger partial charge in [-0.3, -0.25) is 9.59 Å². The van der Waals surface area contributed by atoms with E-state index in [0.717, 1.165) is 22.9 Å². The van der Waals surface area contributed by atoms with E-state index in [1.165, 1.54) is 0 Å². The van der Waals surface area contributed by atoms with E-state index < -0.39 is 17.8 Å². The Morgan fingerprint density at radius 3 is 2.43 bits per heavy atom. The van der Waals surface area contributed by atoms with Gasteiger partial charge in [0.1, 0.15) is 0 Å². The Morgan fingerprint density at radius 1 is 0.957 bits per heavy atom. The molecule has 0 aromatic heterocycles. The maximum atomic E-state index is 12.8. The second-order valence-electron chi connectivity index (χ2n) is 6.35. The van der Waals surface area contributed by atoms with Crippen molar-refractivity contribution in [1.29, 1.82) is 0 Å². The number of rotatable bonds is 3. The molecule has 1 saturated carbocycles. The molecule has 2 aliphatic rings. The van der Waals surface area contributed by atoms with Crippen LogP contribution in [0.15, 0.2) is 54.6 Å². The average molecular weight is 307 g/mol. The number of nitrogens with one attached hydrogen (secondary N) is 1. The summed E-state index contributed by atoms with van der Waals surface area (Å²) in [5, 5.41) is 14.5. The van der Waals surface area contributed by atoms with Crippen LogP contribution in [0.25, 0.3) is 10.8 Å². The van der Waals surface area contributed by atoms with Crippen molar-refractivity contribution in [1.82, 2.24) is 0 Å².